The Bertz CT molecular complexity index is 611. The molecule has 2 aromatic rings. The second kappa shape index (κ2) is 7.71. The molecule has 0 saturated heterocycles. The molecule has 4 nitrogen and oxygen atoms in total. The third-order valence-corrected chi connectivity index (χ3v) is 3.07. The van der Waals surface area contributed by atoms with E-state index in [1.54, 1.807) is 6.21 Å². The largest absolute Gasteiger partial charge is 0.374 e. The lowest BCUT2D eigenvalue weighted by Crippen LogP contribution is -2.17. The van der Waals surface area contributed by atoms with E-state index < -0.39 is 0 Å². The quantitative estimate of drug-likeness (QED) is 0.650. The molecular formula is C17H18N4. The number of para-hydroxylation sites is 1. The molecule has 0 aliphatic rings. The Balaban J connectivity index is 1.92. The first kappa shape index (κ1) is 14.6. The van der Waals surface area contributed by atoms with Gasteiger partial charge in [0, 0.05) is 19.3 Å². The lowest BCUT2D eigenvalue weighted by atomic mass is 10.2. The standard InChI is InChI=1S/C17H18N4/c1-21(13-5-12-18)17-10-8-15(9-11-17)14-19-20-16-6-3-2-4-7-16/h2-4,6-11,14,20H,5,13H2,1H3/b19-14+. The van der Waals surface area contributed by atoms with Crippen molar-refractivity contribution in [2.24, 2.45) is 5.10 Å². The van der Waals surface area contributed by atoms with Crippen molar-refractivity contribution in [3.8, 4) is 6.07 Å². The summed E-state index contributed by atoms with van der Waals surface area (Å²) < 4.78 is 0. The average molecular weight is 278 g/mol. The van der Waals surface area contributed by atoms with Crippen LogP contribution in [-0.4, -0.2) is 19.8 Å². The maximum absolute atomic E-state index is 8.60. The van der Waals surface area contributed by atoms with E-state index in [4.69, 9.17) is 5.26 Å². The smallest absolute Gasteiger partial charge is 0.0640 e. The van der Waals surface area contributed by atoms with Crippen LogP contribution >= 0.6 is 0 Å². The van der Waals surface area contributed by atoms with Crippen molar-refractivity contribution in [2.75, 3.05) is 23.9 Å². The predicted molar refractivity (Wildman–Crippen MR) is 87.6 cm³/mol. The van der Waals surface area contributed by atoms with Gasteiger partial charge in [-0.05, 0) is 29.8 Å². The molecule has 106 valence electrons. The van der Waals surface area contributed by atoms with Gasteiger partial charge in [0.1, 0.15) is 0 Å². The summed E-state index contributed by atoms with van der Waals surface area (Å²) in [5.41, 5.74) is 6.06. The van der Waals surface area contributed by atoms with E-state index in [9.17, 15) is 0 Å². The second-order valence-electron chi connectivity index (χ2n) is 4.66. The minimum Gasteiger partial charge on any atom is -0.374 e. The molecule has 21 heavy (non-hydrogen) atoms. The van der Waals surface area contributed by atoms with E-state index in [0.29, 0.717) is 6.42 Å². The molecule has 0 radical (unpaired) electrons. The molecule has 4 heteroatoms. The molecule has 0 amide bonds. The van der Waals surface area contributed by atoms with Crippen molar-refractivity contribution in [3.05, 3.63) is 60.2 Å². The molecule has 0 bridgehead atoms. The number of nitrogens with zero attached hydrogens (tertiary/aromatic N) is 3. The van der Waals surface area contributed by atoms with Crippen LogP contribution in [0, 0.1) is 11.3 Å². The Morgan fingerprint density at radius 3 is 2.52 bits per heavy atom. The highest BCUT2D eigenvalue weighted by molar-refractivity contribution is 5.80. The third-order valence-electron chi connectivity index (χ3n) is 3.07. The van der Waals surface area contributed by atoms with E-state index in [1.807, 2.05) is 61.6 Å². The molecule has 0 spiro atoms. The first-order valence-corrected chi connectivity index (χ1v) is 6.82. The van der Waals surface area contributed by atoms with Gasteiger partial charge in [-0.25, -0.2) is 0 Å². The monoisotopic (exact) mass is 278 g/mol. The van der Waals surface area contributed by atoms with Gasteiger partial charge in [-0.15, -0.1) is 0 Å². The number of hydrogen-bond acceptors (Lipinski definition) is 4. The van der Waals surface area contributed by atoms with Crippen LogP contribution in [0.4, 0.5) is 11.4 Å². The highest BCUT2D eigenvalue weighted by Crippen LogP contribution is 2.13. The summed E-state index contributed by atoms with van der Waals surface area (Å²) in [6.45, 7) is 0.736. The maximum Gasteiger partial charge on any atom is 0.0640 e. The van der Waals surface area contributed by atoms with Gasteiger partial charge in [0.05, 0.1) is 24.4 Å². The number of anilines is 2. The van der Waals surface area contributed by atoms with Crippen molar-refractivity contribution in [1.82, 2.24) is 0 Å². The highest BCUT2D eigenvalue weighted by Gasteiger charge is 1.99. The minimum atomic E-state index is 0.528. The van der Waals surface area contributed by atoms with Gasteiger partial charge in [0.2, 0.25) is 0 Å². The summed E-state index contributed by atoms with van der Waals surface area (Å²) in [5.74, 6) is 0. The van der Waals surface area contributed by atoms with E-state index in [0.717, 1.165) is 23.5 Å². The van der Waals surface area contributed by atoms with E-state index >= 15 is 0 Å². The van der Waals surface area contributed by atoms with Crippen LogP contribution in [0.2, 0.25) is 0 Å². The Labute approximate surface area is 125 Å². The molecule has 0 aromatic heterocycles. The Morgan fingerprint density at radius 1 is 1.14 bits per heavy atom. The molecule has 0 heterocycles. The van der Waals surface area contributed by atoms with Crippen LogP contribution in [-0.2, 0) is 0 Å². The Morgan fingerprint density at radius 2 is 1.86 bits per heavy atom. The van der Waals surface area contributed by atoms with Crippen LogP contribution < -0.4 is 10.3 Å². The fourth-order valence-electron chi connectivity index (χ4n) is 1.86. The zero-order valence-corrected chi connectivity index (χ0v) is 12.0. The normalized spacial score (nSPS) is 10.3. The molecule has 0 unspecified atom stereocenters. The first-order valence-electron chi connectivity index (χ1n) is 6.82. The molecule has 0 atom stereocenters. The first-order chi connectivity index (χ1) is 10.3. The van der Waals surface area contributed by atoms with Crippen molar-refractivity contribution in [3.63, 3.8) is 0 Å². The number of nitrogens with one attached hydrogen (secondary N) is 1. The van der Waals surface area contributed by atoms with Crippen molar-refractivity contribution in [2.45, 2.75) is 6.42 Å². The van der Waals surface area contributed by atoms with Crippen molar-refractivity contribution < 1.29 is 0 Å². The average Bonchev–Trinajstić information content (AvgIpc) is 2.54. The van der Waals surface area contributed by atoms with E-state index in [-0.39, 0.29) is 0 Å². The summed E-state index contributed by atoms with van der Waals surface area (Å²) >= 11 is 0. The van der Waals surface area contributed by atoms with E-state index in [2.05, 4.69) is 21.5 Å². The SMILES string of the molecule is CN(CCC#N)c1ccc(/C=N/Nc2ccccc2)cc1. The van der Waals surface area contributed by atoms with Gasteiger partial charge < -0.3 is 4.90 Å². The van der Waals surface area contributed by atoms with Gasteiger partial charge in [-0.3, -0.25) is 5.43 Å². The topological polar surface area (TPSA) is 51.4 Å². The van der Waals surface area contributed by atoms with Gasteiger partial charge in [0.15, 0.2) is 0 Å². The molecule has 1 N–H and O–H groups in total. The molecule has 2 aromatic carbocycles. The number of hydrazone groups is 1. The van der Waals surface area contributed by atoms with Crippen molar-refractivity contribution >= 4 is 17.6 Å². The third kappa shape index (κ3) is 4.66. The van der Waals surface area contributed by atoms with Crippen molar-refractivity contribution in [1.29, 1.82) is 5.26 Å². The maximum atomic E-state index is 8.60. The molecular weight excluding hydrogens is 260 g/mol. The number of hydrogen-bond donors (Lipinski definition) is 1. The summed E-state index contributed by atoms with van der Waals surface area (Å²) in [5, 5.41) is 12.8. The van der Waals surface area contributed by atoms with Crippen LogP contribution in [0.3, 0.4) is 0 Å². The number of rotatable bonds is 6. The molecule has 0 fully saturated rings. The zero-order valence-electron chi connectivity index (χ0n) is 12.0. The molecule has 0 saturated carbocycles. The summed E-state index contributed by atoms with van der Waals surface area (Å²) in [6, 6.07) is 20.0. The number of benzene rings is 2. The summed E-state index contributed by atoms with van der Waals surface area (Å²) in [7, 11) is 1.98. The van der Waals surface area contributed by atoms with E-state index in [1.165, 1.54) is 0 Å². The highest BCUT2D eigenvalue weighted by atomic mass is 15.3. The summed E-state index contributed by atoms with van der Waals surface area (Å²) in [6.07, 6.45) is 2.31. The molecule has 0 aliphatic heterocycles. The van der Waals surface area contributed by atoms with Crippen LogP contribution in [0.25, 0.3) is 0 Å². The van der Waals surface area contributed by atoms with Crippen LogP contribution in [0.1, 0.15) is 12.0 Å². The molecule has 2 rings (SSSR count). The number of nitriles is 1. The minimum absolute atomic E-state index is 0.528. The molecule has 0 aliphatic carbocycles. The lowest BCUT2D eigenvalue weighted by molar-refractivity contribution is 0.905. The van der Waals surface area contributed by atoms with Crippen LogP contribution in [0.15, 0.2) is 59.7 Å². The predicted octanol–water partition coefficient (Wildman–Crippen LogP) is 3.48. The Hall–Kier alpha value is -2.80. The fraction of sp³-hybridized carbons (Fsp3) is 0.176. The van der Waals surface area contributed by atoms with Gasteiger partial charge in [-0.1, -0.05) is 30.3 Å². The zero-order chi connectivity index (χ0) is 14.9. The Kier molecular flexibility index (Phi) is 5.36. The van der Waals surface area contributed by atoms with Gasteiger partial charge >= 0.3 is 0 Å². The second-order valence-corrected chi connectivity index (χ2v) is 4.66. The van der Waals surface area contributed by atoms with Crippen LogP contribution in [0.5, 0.6) is 0 Å². The van der Waals surface area contributed by atoms with Gasteiger partial charge in [-0.2, -0.15) is 10.4 Å². The van der Waals surface area contributed by atoms with Gasteiger partial charge in [0.25, 0.3) is 0 Å². The summed E-state index contributed by atoms with van der Waals surface area (Å²) in [4.78, 5) is 2.06. The lowest BCUT2D eigenvalue weighted by Gasteiger charge is -2.17. The fourth-order valence-corrected chi connectivity index (χ4v) is 1.86.